The van der Waals surface area contributed by atoms with Crippen LogP contribution in [0.3, 0.4) is 0 Å². The number of hydrogen-bond donors (Lipinski definition) is 0. The fourth-order valence-electron chi connectivity index (χ4n) is 8.27. The molecule has 218 valence electrons. The van der Waals surface area contributed by atoms with E-state index < -0.39 is 0 Å². The Morgan fingerprint density at radius 1 is 0.467 bits per heavy atom. The molecule has 6 aromatic carbocycles. The van der Waals surface area contributed by atoms with Crippen molar-refractivity contribution in [1.82, 2.24) is 4.57 Å². The Bertz CT molecular complexity index is 2190. The van der Waals surface area contributed by atoms with E-state index in [1.165, 1.54) is 94.3 Å². The van der Waals surface area contributed by atoms with E-state index in [0.29, 0.717) is 0 Å². The number of benzene rings is 6. The zero-order chi connectivity index (χ0) is 31.0. The van der Waals surface area contributed by atoms with Crippen LogP contribution in [0.5, 0.6) is 0 Å². The molecule has 2 heterocycles. The van der Waals surface area contributed by atoms with Crippen LogP contribution in [0.15, 0.2) is 115 Å². The van der Waals surface area contributed by atoms with Crippen molar-refractivity contribution in [2.24, 2.45) is 0 Å². The lowest BCUT2D eigenvalue weighted by Gasteiger charge is -2.33. The number of aryl methyl sites for hydroxylation is 6. The summed E-state index contributed by atoms with van der Waals surface area (Å²) in [7, 11) is 0. The monoisotopic (exact) mass is 580 g/mol. The fraction of sp³-hybridized carbons (Fsp3) is 0.143. The largest absolute Gasteiger partial charge is 0.306 e. The molecule has 0 radical (unpaired) electrons. The zero-order valence-corrected chi connectivity index (χ0v) is 26.9. The summed E-state index contributed by atoms with van der Waals surface area (Å²) in [6.07, 6.45) is 0. The summed E-state index contributed by atoms with van der Waals surface area (Å²) < 4.78 is 2.45. The molecule has 0 amide bonds. The Labute approximate surface area is 266 Å². The highest BCUT2D eigenvalue weighted by molar-refractivity contribution is 6.96. The van der Waals surface area contributed by atoms with Crippen LogP contribution in [-0.2, 0) is 0 Å². The maximum Gasteiger partial charge on any atom is 0.242 e. The third-order valence-corrected chi connectivity index (χ3v) is 9.82. The average molecular weight is 581 g/mol. The predicted molar refractivity (Wildman–Crippen MR) is 195 cm³/mol. The number of hydrogen-bond acceptors (Lipinski definition) is 1. The molecule has 0 fully saturated rings. The van der Waals surface area contributed by atoms with Gasteiger partial charge in [-0.15, -0.1) is 0 Å². The van der Waals surface area contributed by atoms with Gasteiger partial charge in [0.15, 0.2) is 0 Å². The van der Waals surface area contributed by atoms with E-state index in [2.05, 4.69) is 166 Å². The van der Waals surface area contributed by atoms with Crippen molar-refractivity contribution in [3.8, 4) is 5.69 Å². The van der Waals surface area contributed by atoms with Crippen LogP contribution in [0.1, 0.15) is 33.4 Å². The van der Waals surface area contributed by atoms with Crippen molar-refractivity contribution in [2.75, 3.05) is 4.90 Å². The average Bonchev–Trinajstić information content (AvgIpc) is 3.36. The Morgan fingerprint density at radius 3 is 1.60 bits per heavy atom. The second-order valence-electron chi connectivity index (χ2n) is 13.0. The molecule has 0 aliphatic carbocycles. The molecule has 1 aromatic heterocycles. The highest BCUT2D eigenvalue weighted by Gasteiger charge is 2.31. The van der Waals surface area contributed by atoms with Gasteiger partial charge in [0.2, 0.25) is 6.71 Å². The Morgan fingerprint density at radius 2 is 0.978 bits per heavy atom. The first kappa shape index (κ1) is 27.5. The number of aromatic nitrogens is 1. The van der Waals surface area contributed by atoms with Crippen molar-refractivity contribution in [2.45, 2.75) is 41.5 Å². The van der Waals surface area contributed by atoms with Crippen LogP contribution in [0.25, 0.3) is 27.5 Å². The summed E-state index contributed by atoms with van der Waals surface area (Å²) in [5.74, 6) is 0. The Hall–Kier alpha value is -5.02. The third kappa shape index (κ3) is 4.18. The first-order valence-electron chi connectivity index (χ1n) is 16.0. The topological polar surface area (TPSA) is 8.17 Å². The lowest BCUT2D eigenvalue weighted by Crippen LogP contribution is -2.55. The van der Waals surface area contributed by atoms with Crippen LogP contribution in [0, 0.1) is 41.5 Å². The number of fused-ring (bicyclic) bond motifs is 5. The molecule has 3 heteroatoms. The first-order chi connectivity index (χ1) is 21.8. The smallest absolute Gasteiger partial charge is 0.242 e. The lowest BCUT2D eigenvalue weighted by molar-refractivity contribution is 1.11. The van der Waals surface area contributed by atoms with Gasteiger partial charge in [0.05, 0.1) is 28.1 Å². The van der Waals surface area contributed by atoms with Crippen LogP contribution in [-0.4, -0.2) is 11.3 Å². The second kappa shape index (κ2) is 10.3. The SMILES string of the molecule is Cc1cc(C)c(B(c2ccc(N3c4ccccc4-n4c5ccccc5c5cccc3c54)cc2)c2c(C)cc(C)cc2C)c(C)c1. The van der Waals surface area contributed by atoms with Gasteiger partial charge in [-0.25, -0.2) is 0 Å². The van der Waals surface area contributed by atoms with E-state index in [1.807, 2.05) is 0 Å². The van der Waals surface area contributed by atoms with Gasteiger partial charge >= 0.3 is 0 Å². The van der Waals surface area contributed by atoms with Crippen molar-refractivity contribution in [1.29, 1.82) is 0 Å². The zero-order valence-electron chi connectivity index (χ0n) is 26.9. The molecule has 0 saturated carbocycles. The molecule has 1 aliphatic heterocycles. The Balaban J connectivity index is 1.33. The molecule has 2 nitrogen and oxygen atoms in total. The fourth-order valence-corrected chi connectivity index (χ4v) is 8.27. The molecular formula is C42H37BN2. The maximum absolute atomic E-state index is 2.45. The standard InChI is InChI=1S/C42H37BN2/c1-26-22-28(3)40(29(4)23-26)43(41-30(5)24-27(2)25-31(41)6)32-18-20-33(21-19-32)44-37-15-9-10-16-38(37)45-36-14-8-7-12-34(36)35-13-11-17-39(44)42(35)45/h7-25H,1-6H3. The highest BCUT2D eigenvalue weighted by atomic mass is 15.2. The third-order valence-electron chi connectivity index (χ3n) is 9.82. The van der Waals surface area contributed by atoms with Crippen molar-refractivity contribution < 1.29 is 0 Å². The molecular weight excluding hydrogens is 543 g/mol. The molecule has 0 unspecified atom stereocenters. The molecule has 45 heavy (non-hydrogen) atoms. The van der Waals surface area contributed by atoms with E-state index in [1.54, 1.807) is 0 Å². The van der Waals surface area contributed by atoms with E-state index in [0.717, 1.165) is 0 Å². The predicted octanol–water partition coefficient (Wildman–Crippen LogP) is 8.93. The lowest BCUT2D eigenvalue weighted by atomic mass is 9.34. The van der Waals surface area contributed by atoms with Crippen LogP contribution in [0.2, 0.25) is 0 Å². The molecule has 1 aliphatic rings. The maximum atomic E-state index is 2.45. The van der Waals surface area contributed by atoms with Crippen LogP contribution < -0.4 is 21.3 Å². The minimum Gasteiger partial charge on any atom is -0.306 e. The highest BCUT2D eigenvalue weighted by Crippen LogP contribution is 2.49. The number of rotatable bonds is 4. The summed E-state index contributed by atoms with van der Waals surface area (Å²) in [5, 5.41) is 2.58. The quantitative estimate of drug-likeness (QED) is 0.189. The normalized spacial score (nSPS) is 12.2. The van der Waals surface area contributed by atoms with Gasteiger partial charge in [-0.1, -0.05) is 129 Å². The van der Waals surface area contributed by atoms with Gasteiger partial charge in [-0.2, -0.15) is 0 Å². The van der Waals surface area contributed by atoms with E-state index in [4.69, 9.17) is 0 Å². The van der Waals surface area contributed by atoms with Gasteiger partial charge < -0.3 is 9.47 Å². The summed E-state index contributed by atoms with van der Waals surface area (Å²) in [4.78, 5) is 2.44. The van der Waals surface area contributed by atoms with Crippen LogP contribution in [0.4, 0.5) is 17.1 Å². The summed E-state index contributed by atoms with van der Waals surface area (Å²) in [6.45, 7) is 13.7. The van der Waals surface area contributed by atoms with Crippen molar-refractivity contribution in [3.63, 3.8) is 0 Å². The van der Waals surface area contributed by atoms with Crippen molar-refractivity contribution in [3.05, 3.63) is 149 Å². The van der Waals surface area contributed by atoms with Crippen LogP contribution >= 0.6 is 0 Å². The molecule has 7 aromatic rings. The summed E-state index contributed by atoms with van der Waals surface area (Å²) >= 11 is 0. The van der Waals surface area contributed by atoms with Gasteiger partial charge in [0.1, 0.15) is 0 Å². The Kier molecular flexibility index (Phi) is 6.29. The molecule has 0 bridgehead atoms. The van der Waals surface area contributed by atoms with Crippen molar-refractivity contribution >= 4 is 62.0 Å². The van der Waals surface area contributed by atoms with E-state index in [9.17, 15) is 0 Å². The molecule has 0 N–H and O–H groups in total. The van der Waals surface area contributed by atoms with Gasteiger partial charge in [0, 0.05) is 16.5 Å². The minimum absolute atomic E-state index is 0.153. The number of nitrogens with zero attached hydrogens (tertiary/aromatic N) is 2. The first-order valence-corrected chi connectivity index (χ1v) is 16.0. The minimum atomic E-state index is 0.153. The van der Waals surface area contributed by atoms with E-state index >= 15 is 0 Å². The number of para-hydroxylation sites is 4. The summed E-state index contributed by atoms with van der Waals surface area (Å²) in [5.41, 5.74) is 19.5. The molecule has 0 spiro atoms. The van der Waals surface area contributed by atoms with E-state index in [-0.39, 0.29) is 6.71 Å². The molecule has 0 saturated heterocycles. The second-order valence-corrected chi connectivity index (χ2v) is 13.0. The van der Waals surface area contributed by atoms with Gasteiger partial charge in [-0.3, -0.25) is 0 Å². The number of anilines is 3. The molecule has 8 rings (SSSR count). The van der Waals surface area contributed by atoms with Gasteiger partial charge in [-0.05, 0) is 77.9 Å². The molecule has 0 atom stereocenters. The summed E-state index contributed by atoms with van der Waals surface area (Å²) in [6, 6.07) is 43.0. The van der Waals surface area contributed by atoms with Gasteiger partial charge in [0.25, 0.3) is 0 Å².